The molecule has 0 unspecified atom stereocenters. The fraction of sp³-hybridized carbons (Fsp3) is 0. The molecule has 0 aromatic heterocycles. The summed E-state index contributed by atoms with van der Waals surface area (Å²) in [7, 11) is 0. The zero-order valence-electron chi connectivity index (χ0n) is 14.0. The number of hydrogen-bond acceptors (Lipinski definition) is 6. The number of nitrogen functional groups attached to an aromatic ring is 2. The molecule has 0 radical (unpaired) electrons. The minimum atomic E-state index is -1.65. The molecule has 9 heteroatoms. The maximum Gasteiger partial charge on any atom is 1.00 e. The molecular weight excluding hydrogens is 339 g/mol. The Labute approximate surface area is 164 Å². The summed E-state index contributed by atoms with van der Waals surface area (Å²) in [4.78, 5) is 48.2. The van der Waals surface area contributed by atoms with E-state index in [-0.39, 0.29) is 53.2 Å². The average Bonchev–Trinajstić information content (AvgIpc) is 2.53. The number of aromatic carboxylic acids is 2. The van der Waals surface area contributed by atoms with Gasteiger partial charge in [0.2, 0.25) is 0 Å². The van der Waals surface area contributed by atoms with E-state index >= 15 is 0 Å². The number of fused-ring (bicyclic) bond motifs is 2. The standard InChI is InChI=1S/C16H10N2O6.Na.H/c17-11-7-8(12(18)10(16(23)24)9(11)15(21)22)14(20)6-4-2-1-3-5(6)13(7)19;;/h1-4H,17-18H2,(H,21,22)(H,23,24);;/q;+1;-1. The van der Waals surface area contributed by atoms with Crippen LogP contribution in [-0.4, -0.2) is 33.7 Å². The topological polar surface area (TPSA) is 161 Å². The first-order valence-electron chi connectivity index (χ1n) is 6.67. The molecule has 0 bridgehead atoms. The van der Waals surface area contributed by atoms with Gasteiger partial charge in [-0.3, -0.25) is 9.59 Å². The van der Waals surface area contributed by atoms with Crippen molar-refractivity contribution < 1.29 is 60.4 Å². The Bertz CT molecular complexity index is 911. The summed E-state index contributed by atoms with van der Waals surface area (Å²) < 4.78 is 0. The van der Waals surface area contributed by atoms with E-state index in [1.807, 2.05) is 0 Å². The third-order valence-electron chi connectivity index (χ3n) is 3.88. The Kier molecular flexibility index (Phi) is 4.72. The SMILES string of the molecule is Nc1c(C(=O)O)c(C(=O)O)c(N)c2c1C(=O)c1ccccc1C2=O.[H-].[Na+]. The molecule has 2 aromatic rings. The third-order valence-corrected chi connectivity index (χ3v) is 3.88. The molecule has 1 aliphatic rings. The van der Waals surface area contributed by atoms with Crippen molar-refractivity contribution in [3.63, 3.8) is 0 Å². The molecule has 0 atom stereocenters. The number of hydrogen-bond donors (Lipinski definition) is 4. The van der Waals surface area contributed by atoms with Crippen molar-refractivity contribution >= 4 is 34.9 Å². The first kappa shape index (κ1) is 18.7. The van der Waals surface area contributed by atoms with Gasteiger partial charge < -0.3 is 23.1 Å². The maximum absolute atomic E-state index is 12.7. The average molecular weight is 350 g/mol. The van der Waals surface area contributed by atoms with E-state index in [2.05, 4.69) is 0 Å². The van der Waals surface area contributed by atoms with Gasteiger partial charge in [0.25, 0.3) is 0 Å². The summed E-state index contributed by atoms with van der Waals surface area (Å²) >= 11 is 0. The number of ketones is 2. The molecule has 0 spiro atoms. The van der Waals surface area contributed by atoms with Crippen LogP contribution in [0.5, 0.6) is 0 Å². The fourth-order valence-corrected chi connectivity index (χ4v) is 2.85. The second-order valence-corrected chi connectivity index (χ2v) is 5.14. The Morgan fingerprint density at radius 3 is 1.40 bits per heavy atom. The van der Waals surface area contributed by atoms with Crippen molar-refractivity contribution in [2.45, 2.75) is 0 Å². The van der Waals surface area contributed by atoms with Gasteiger partial charge in [-0.25, -0.2) is 9.59 Å². The summed E-state index contributed by atoms with van der Waals surface area (Å²) in [5.74, 6) is -4.66. The van der Waals surface area contributed by atoms with Crippen LogP contribution in [0, 0.1) is 0 Å². The number of carbonyl (C=O) groups is 4. The summed E-state index contributed by atoms with van der Waals surface area (Å²) in [6, 6.07) is 5.88. The minimum Gasteiger partial charge on any atom is -1.00 e. The molecule has 25 heavy (non-hydrogen) atoms. The molecule has 1 aliphatic carbocycles. The quantitative estimate of drug-likeness (QED) is 0.309. The van der Waals surface area contributed by atoms with E-state index in [1.165, 1.54) is 24.3 Å². The van der Waals surface area contributed by atoms with Gasteiger partial charge in [-0.1, -0.05) is 24.3 Å². The number of anilines is 2. The van der Waals surface area contributed by atoms with Crippen molar-refractivity contribution in [2.24, 2.45) is 0 Å². The smallest absolute Gasteiger partial charge is 1.00 e. The van der Waals surface area contributed by atoms with Crippen molar-refractivity contribution in [2.75, 3.05) is 11.5 Å². The van der Waals surface area contributed by atoms with Crippen molar-refractivity contribution in [3.05, 3.63) is 57.6 Å². The van der Waals surface area contributed by atoms with Crippen LogP contribution in [0.2, 0.25) is 0 Å². The number of carboxylic acids is 2. The molecular formula is C16H11N2NaO6. The van der Waals surface area contributed by atoms with Crippen LogP contribution in [0.1, 0.15) is 54.0 Å². The zero-order chi connectivity index (χ0) is 17.8. The van der Waals surface area contributed by atoms with E-state index in [0.717, 1.165) is 0 Å². The third kappa shape index (κ3) is 2.51. The van der Waals surface area contributed by atoms with Gasteiger partial charge in [0.15, 0.2) is 11.6 Å². The van der Waals surface area contributed by atoms with Gasteiger partial charge in [-0.15, -0.1) is 0 Å². The molecule has 122 valence electrons. The monoisotopic (exact) mass is 350 g/mol. The normalized spacial score (nSPS) is 12.0. The molecule has 8 nitrogen and oxygen atoms in total. The molecule has 0 aliphatic heterocycles. The van der Waals surface area contributed by atoms with Crippen LogP contribution in [0.4, 0.5) is 11.4 Å². The maximum atomic E-state index is 12.7. The second-order valence-electron chi connectivity index (χ2n) is 5.14. The molecule has 3 rings (SSSR count). The summed E-state index contributed by atoms with van der Waals surface area (Å²) in [6.07, 6.45) is 0. The van der Waals surface area contributed by atoms with Crippen LogP contribution in [0.15, 0.2) is 24.3 Å². The number of nitrogens with two attached hydrogens (primary N) is 2. The van der Waals surface area contributed by atoms with E-state index in [1.54, 1.807) is 0 Å². The molecule has 0 amide bonds. The van der Waals surface area contributed by atoms with Gasteiger partial charge in [-0.2, -0.15) is 0 Å². The Morgan fingerprint density at radius 2 is 1.12 bits per heavy atom. The number of benzene rings is 2. The predicted octanol–water partition coefficient (Wildman–Crippen LogP) is -1.86. The van der Waals surface area contributed by atoms with Gasteiger partial charge in [0, 0.05) is 11.1 Å². The molecule has 2 aromatic carbocycles. The predicted molar refractivity (Wildman–Crippen MR) is 83.6 cm³/mol. The van der Waals surface area contributed by atoms with Crippen LogP contribution in [0.25, 0.3) is 0 Å². The van der Waals surface area contributed by atoms with E-state index in [0.29, 0.717) is 0 Å². The summed E-state index contributed by atoms with van der Waals surface area (Å²) in [5.41, 5.74) is 8.07. The second kappa shape index (κ2) is 6.32. The van der Waals surface area contributed by atoms with Crippen molar-refractivity contribution in [1.29, 1.82) is 0 Å². The summed E-state index contributed by atoms with van der Waals surface area (Å²) in [6.45, 7) is 0. The zero-order valence-corrected chi connectivity index (χ0v) is 15.0. The number of carbonyl (C=O) groups excluding carboxylic acids is 2. The Balaban J connectivity index is 0.00000169. The van der Waals surface area contributed by atoms with Gasteiger partial charge in [0.1, 0.15) is 0 Å². The van der Waals surface area contributed by atoms with Crippen LogP contribution < -0.4 is 41.0 Å². The number of rotatable bonds is 2. The van der Waals surface area contributed by atoms with Crippen LogP contribution >= 0.6 is 0 Å². The van der Waals surface area contributed by atoms with E-state index < -0.39 is 46.0 Å². The minimum absolute atomic E-state index is 0. The molecule has 0 heterocycles. The van der Waals surface area contributed by atoms with Gasteiger partial charge >= 0.3 is 41.5 Å². The van der Waals surface area contributed by atoms with Crippen molar-refractivity contribution in [1.82, 2.24) is 0 Å². The van der Waals surface area contributed by atoms with E-state index in [4.69, 9.17) is 11.5 Å². The summed E-state index contributed by atoms with van der Waals surface area (Å²) in [5, 5.41) is 18.5. The van der Waals surface area contributed by atoms with Gasteiger partial charge in [-0.05, 0) is 0 Å². The van der Waals surface area contributed by atoms with Crippen molar-refractivity contribution in [3.8, 4) is 0 Å². The molecule has 0 saturated heterocycles. The first-order valence-corrected chi connectivity index (χ1v) is 6.67. The molecule has 0 fully saturated rings. The van der Waals surface area contributed by atoms with Crippen LogP contribution in [-0.2, 0) is 0 Å². The molecule has 6 N–H and O–H groups in total. The Hall–Kier alpha value is -2.68. The van der Waals surface area contributed by atoms with E-state index in [9.17, 15) is 29.4 Å². The Morgan fingerprint density at radius 1 is 0.800 bits per heavy atom. The number of carboxylic acid groups (broad SMARTS) is 2. The van der Waals surface area contributed by atoms with Crippen LogP contribution in [0.3, 0.4) is 0 Å². The first-order chi connectivity index (χ1) is 11.3. The molecule has 0 saturated carbocycles. The largest absolute Gasteiger partial charge is 1.00 e. The fourth-order valence-electron chi connectivity index (χ4n) is 2.85. The van der Waals surface area contributed by atoms with Gasteiger partial charge in [0.05, 0.1) is 33.6 Å².